The van der Waals surface area contributed by atoms with Crippen molar-refractivity contribution in [2.45, 2.75) is 20.8 Å². The molecule has 1 rings (SSSR count). The largest absolute Gasteiger partial charge is 0.292 e. The van der Waals surface area contributed by atoms with Crippen molar-refractivity contribution < 1.29 is 9.59 Å². The maximum absolute atomic E-state index is 11.7. The minimum absolute atomic E-state index is 0.191. The molecule has 0 aliphatic rings. The molecule has 0 saturated heterocycles. The summed E-state index contributed by atoms with van der Waals surface area (Å²) in [6.45, 7) is 5.19. The fraction of sp³-hybridized carbons (Fsp3) is 0.286. The van der Waals surface area contributed by atoms with Gasteiger partial charge in [0.2, 0.25) is 5.91 Å². The van der Waals surface area contributed by atoms with Gasteiger partial charge in [-0.25, -0.2) is 0 Å². The van der Waals surface area contributed by atoms with Gasteiger partial charge in [0.05, 0.1) is 0 Å². The third-order valence-corrected chi connectivity index (χ3v) is 2.30. The number of carbonyl (C=O) groups excluding carboxylic acids is 2. The zero-order valence-electron chi connectivity index (χ0n) is 10.4. The molecule has 0 bridgehead atoms. The van der Waals surface area contributed by atoms with Gasteiger partial charge in [0.15, 0.2) is 0 Å². The van der Waals surface area contributed by atoms with E-state index in [0.29, 0.717) is 5.57 Å². The van der Waals surface area contributed by atoms with Crippen LogP contribution in [0.1, 0.15) is 26.3 Å². The Kier molecular flexibility index (Phi) is 4.64. The van der Waals surface area contributed by atoms with Gasteiger partial charge < -0.3 is 0 Å². The zero-order chi connectivity index (χ0) is 12.8. The molecule has 0 aliphatic heterocycles. The van der Waals surface area contributed by atoms with Crippen LogP contribution in [0.3, 0.4) is 0 Å². The van der Waals surface area contributed by atoms with Crippen molar-refractivity contribution in [3.8, 4) is 0 Å². The summed E-state index contributed by atoms with van der Waals surface area (Å²) in [6.07, 6.45) is 1.75. The molecule has 0 fully saturated rings. The van der Waals surface area contributed by atoms with E-state index >= 15 is 0 Å². The van der Waals surface area contributed by atoms with Crippen LogP contribution in [0.5, 0.6) is 0 Å². The highest BCUT2D eigenvalue weighted by molar-refractivity contribution is 6.06. The quantitative estimate of drug-likeness (QED) is 0.812. The second-order valence-corrected chi connectivity index (χ2v) is 4.21. The lowest BCUT2D eigenvalue weighted by atomic mass is 10.1. The Morgan fingerprint density at radius 3 is 2.29 bits per heavy atom. The van der Waals surface area contributed by atoms with E-state index < -0.39 is 0 Å². The van der Waals surface area contributed by atoms with Gasteiger partial charge in [0.1, 0.15) is 0 Å². The van der Waals surface area contributed by atoms with E-state index in [2.05, 4.69) is 5.32 Å². The fourth-order valence-corrected chi connectivity index (χ4v) is 1.22. The van der Waals surface area contributed by atoms with E-state index in [0.717, 1.165) is 5.56 Å². The molecule has 3 nitrogen and oxygen atoms in total. The highest BCUT2D eigenvalue weighted by Gasteiger charge is 2.12. The third kappa shape index (κ3) is 4.23. The number of imide groups is 1. The molecule has 1 aromatic rings. The Labute approximate surface area is 102 Å². The standard InChI is InChI=1S/C14H17NO2/c1-10(2)13(16)15-14(17)11(3)9-12-7-5-4-6-8-12/h4-10H,1-3H3,(H,15,16,17)/b11-9+. The molecule has 1 aromatic carbocycles. The second-order valence-electron chi connectivity index (χ2n) is 4.21. The van der Waals surface area contributed by atoms with Gasteiger partial charge in [-0.05, 0) is 18.6 Å². The molecule has 0 unspecified atom stereocenters. The normalized spacial score (nSPS) is 11.4. The molecule has 0 radical (unpaired) electrons. The lowest BCUT2D eigenvalue weighted by Crippen LogP contribution is -2.34. The average molecular weight is 231 g/mol. The molecule has 0 aliphatic carbocycles. The number of benzene rings is 1. The lowest BCUT2D eigenvalue weighted by Gasteiger charge is -2.06. The Balaban J connectivity index is 2.70. The molecule has 0 spiro atoms. The first-order valence-electron chi connectivity index (χ1n) is 5.59. The van der Waals surface area contributed by atoms with Gasteiger partial charge in [-0.15, -0.1) is 0 Å². The minimum Gasteiger partial charge on any atom is -0.292 e. The smallest absolute Gasteiger partial charge is 0.253 e. The van der Waals surface area contributed by atoms with Crippen LogP contribution in [0.15, 0.2) is 35.9 Å². The minimum atomic E-state index is -0.340. The maximum Gasteiger partial charge on any atom is 0.253 e. The van der Waals surface area contributed by atoms with Crippen LogP contribution in [-0.2, 0) is 9.59 Å². The van der Waals surface area contributed by atoms with Crippen LogP contribution >= 0.6 is 0 Å². The van der Waals surface area contributed by atoms with Gasteiger partial charge in [-0.2, -0.15) is 0 Å². The lowest BCUT2D eigenvalue weighted by molar-refractivity contribution is -0.130. The summed E-state index contributed by atoms with van der Waals surface area (Å²) in [7, 11) is 0. The summed E-state index contributed by atoms with van der Waals surface area (Å²) >= 11 is 0. The predicted octanol–water partition coefficient (Wildman–Crippen LogP) is 2.39. The molecule has 90 valence electrons. The summed E-state index contributed by atoms with van der Waals surface area (Å²) in [5.74, 6) is -0.785. The first-order chi connectivity index (χ1) is 8.00. The molecule has 0 atom stereocenters. The Hall–Kier alpha value is -1.90. The zero-order valence-corrected chi connectivity index (χ0v) is 10.4. The van der Waals surface area contributed by atoms with E-state index in [9.17, 15) is 9.59 Å². The Bertz CT molecular complexity index is 433. The maximum atomic E-state index is 11.7. The number of hydrogen-bond donors (Lipinski definition) is 1. The monoisotopic (exact) mass is 231 g/mol. The molecule has 17 heavy (non-hydrogen) atoms. The van der Waals surface area contributed by atoms with Crippen molar-refractivity contribution in [2.24, 2.45) is 5.92 Å². The summed E-state index contributed by atoms with van der Waals surface area (Å²) in [6, 6.07) is 9.52. The third-order valence-electron chi connectivity index (χ3n) is 2.30. The Morgan fingerprint density at radius 1 is 1.18 bits per heavy atom. The molecule has 0 saturated carbocycles. The van der Waals surface area contributed by atoms with Crippen molar-refractivity contribution in [3.05, 3.63) is 41.5 Å². The summed E-state index contributed by atoms with van der Waals surface area (Å²) < 4.78 is 0. The van der Waals surface area contributed by atoms with E-state index in [1.165, 1.54) is 0 Å². The van der Waals surface area contributed by atoms with Crippen molar-refractivity contribution >= 4 is 17.9 Å². The number of hydrogen-bond acceptors (Lipinski definition) is 2. The highest BCUT2D eigenvalue weighted by atomic mass is 16.2. The predicted molar refractivity (Wildman–Crippen MR) is 68.1 cm³/mol. The fourth-order valence-electron chi connectivity index (χ4n) is 1.22. The number of rotatable bonds is 3. The van der Waals surface area contributed by atoms with E-state index in [1.54, 1.807) is 26.8 Å². The van der Waals surface area contributed by atoms with Gasteiger partial charge >= 0.3 is 0 Å². The van der Waals surface area contributed by atoms with Crippen LogP contribution in [0.4, 0.5) is 0 Å². The summed E-state index contributed by atoms with van der Waals surface area (Å²) in [5.41, 5.74) is 1.46. The SMILES string of the molecule is C/C(=C\c1ccccc1)C(=O)NC(=O)C(C)C. The first-order valence-corrected chi connectivity index (χ1v) is 5.59. The Morgan fingerprint density at radius 2 is 1.76 bits per heavy atom. The van der Waals surface area contributed by atoms with Crippen molar-refractivity contribution in [3.63, 3.8) is 0 Å². The second kappa shape index (κ2) is 5.99. The molecule has 3 heteroatoms. The van der Waals surface area contributed by atoms with E-state index in [1.807, 2.05) is 30.3 Å². The summed E-state index contributed by atoms with van der Waals surface area (Å²) in [5, 5.41) is 2.35. The van der Waals surface area contributed by atoms with Crippen LogP contribution in [0.25, 0.3) is 6.08 Å². The number of nitrogens with one attached hydrogen (secondary N) is 1. The van der Waals surface area contributed by atoms with Gasteiger partial charge in [0, 0.05) is 11.5 Å². The van der Waals surface area contributed by atoms with Crippen molar-refractivity contribution in [2.75, 3.05) is 0 Å². The van der Waals surface area contributed by atoms with Gasteiger partial charge in [-0.3, -0.25) is 14.9 Å². The van der Waals surface area contributed by atoms with Crippen molar-refractivity contribution in [1.82, 2.24) is 5.32 Å². The topological polar surface area (TPSA) is 46.2 Å². The van der Waals surface area contributed by atoms with Crippen LogP contribution in [0.2, 0.25) is 0 Å². The van der Waals surface area contributed by atoms with E-state index in [-0.39, 0.29) is 17.7 Å². The van der Waals surface area contributed by atoms with Crippen LogP contribution < -0.4 is 5.32 Å². The molecule has 0 aromatic heterocycles. The molecular formula is C14H17NO2. The van der Waals surface area contributed by atoms with Crippen LogP contribution in [0, 0.1) is 5.92 Å². The summed E-state index contributed by atoms with van der Waals surface area (Å²) in [4.78, 5) is 23.0. The van der Waals surface area contributed by atoms with Crippen molar-refractivity contribution in [1.29, 1.82) is 0 Å². The number of amides is 2. The number of carbonyl (C=O) groups is 2. The highest BCUT2D eigenvalue weighted by Crippen LogP contribution is 2.06. The molecule has 0 heterocycles. The van der Waals surface area contributed by atoms with Crippen LogP contribution in [-0.4, -0.2) is 11.8 Å². The molecule has 2 amide bonds. The molecule has 1 N–H and O–H groups in total. The van der Waals surface area contributed by atoms with Gasteiger partial charge in [-0.1, -0.05) is 44.2 Å². The molecular weight excluding hydrogens is 214 g/mol. The van der Waals surface area contributed by atoms with E-state index in [4.69, 9.17) is 0 Å². The van der Waals surface area contributed by atoms with Gasteiger partial charge in [0.25, 0.3) is 5.91 Å². The first kappa shape index (κ1) is 13.2. The average Bonchev–Trinajstić information content (AvgIpc) is 2.29.